The van der Waals surface area contributed by atoms with Crippen LogP contribution in [-0.2, 0) is 9.59 Å². The summed E-state index contributed by atoms with van der Waals surface area (Å²) >= 11 is 6.39. The molecule has 0 aliphatic carbocycles. The van der Waals surface area contributed by atoms with Gasteiger partial charge in [-0.05, 0) is 61.2 Å². The number of benzene rings is 3. The first-order chi connectivity index (χ1) is 19.2. The highest BCUT2D eigenvalue weighted by atomic mass is 35.5. The number of nitrogens with zero attached hydrogens (tertiary/aromatic N) is 2. The molecule has 1 aliphatic heterocycles. The van der Waals surface area contributed by atoms with Crippen LogP contribution in [0.15, 0.2) is 66.2 Å². The van der Waals surface area contributed by atoms with Crippen molar-refractivity contribution in [2.24, 2.45) is 0 Å². The normalized spacial score (nSPS) is 16.5. The number of hydrogen-bond acceptors (Lipinski definition) is 6. The molecule has 0 radical (unpaired) electrons. The lowest BCUT2D eigenvalue weighted by Gasteiger charge is -2.27. The van der Waals surface area contributed by atoms with Gasteiger partial charge in [0, 0.05) is 30.5 Å². The van der Waals surface area contributed by atoms with Gasteiger partial charge in [0.25, 0.3) is 11.7 Å². The van der Waals surface area contributed by atoms with E-state index in [-0.39, 0.29) is 27.7 Å². The predicted molar refractivity (Wildman–Crippen MR) is 160 cm³/mol. The molecule has 1 amide bonds. The topological polar surface area (TPSA) is 79.3 Å². The van der Waals surface area contributed by atoms with Crippen molar-refractivity contribution in [3.63, 3.8) is 0 Å². The molecule has 4 rings (SSSR count). The number of ether oxygens (including phenoxy) is 2. The Labute approximate surface area is 240 Å². The van der Waals surface area contributed by atoms with Gasteiger partial charge < -0.3 is 19.5 Å². The molecule has 1 N–H and O–H groups in total. The molecule has 7 nitrogen and oxygen atoms in total. The van der Waals surface area contributed by atoms with Crippen molar-refractivity contribution in [3.8, 4) is 11.5 Å². The number of aliphatic hydroxyl groups excluding tert-OH is 1. The first-order valence-electron chi connectivity index (χ1n) is 13.3. The Balaban J connectivity index is 1.94. The number of anilines is 2. The van der Waals surface area contributed by atoms with E-state index in [0.717, 1.165) is 24.3 Å². The van der Waals surface area contributed by atoms with Crippen LogP contribution in [0.5, 0.6) is 11.5 Å². The highest BCUT2D eigenvalue weighted by Gasteiger charge is 2.47. The number of rotatable bonds is 9. The summed E-state index contributed by atoms with van der Waals surface area (Å²) in [7, 11) is 2.91. The van der Waals surface area contributed by atoms with Gasteiger partial charge in [0.15, 0.2) is 0 Å². The van der Waals surface area contributed by atoms with E-state index in [9.17, 15) is 14.7 Å². The second kappa shape index (κ2) is 12.0. The fourth-order valence-electron chi connectivity index (χ4n) is 5.08. The molecule has 0 aromatic heterocycles. The van der Waals surface area contributed by atoms with Gasteiger partial charge in [-0.2, -0.15) is 0 Å². The SMILES string of the molecule is CCN(CC)c1ccc(C2/C(=C(\O)c3cc(Cl)c(OC)cc3OC)C(=O)C(=O)N2c2ccc(C(C)C)cc2)cc1. The third-order valence-electron chi connectivity index (χ3n) is 7.35. The minimum absolute atomic E-state index is 0.0481. The van der Waals surface area contributed by atoms with Gasteiger partial charge in [0.2, 0.25) is 0 Å². The van der Waals surface area contributed by atoms with Crippen molar-refractivity contribution in [2.45, 2.75) is 39.7 Å². The Morgan fingerprint density at radius 2 is 1.55 bits per heavy atom. The number of carbonyl (C=O) groups excluding carboxylic acids is 2. The molecule has 8 heteroatoms. The maximum Gasteiger partial charge on any atom is 0.300 e. The summed E-state index contributed by atoms with van der Waals surface area (Å²) in [6.07, 6.45) is 0. The quantitative estimate of drug-likeness (QED) is 0.173. The standard InChI is InChI=1S/C32H35ClN2O5/c1-7-34(8-2)22-13-11-21(12-14-22)29-28(30(36)24-17-25(33)27(40-6)18-26(24)39-5)31(37)32(38)35(29)23-15-9-20(10-16-23)19(3)4/h9-19,29,36H,7-8H2,1-6H3/b30-28+. The van der Waals surface area contributed by atoms with Crippen molar-refractivity contribution >= 4 is 40.4 Å². The Hall–Kier alpha value is -3.97. The van der Waals surface area contributed by atoms with E-state index in [1.807, 2.05) is 48.5 Å². The Morgan fingerprint density at radius 1 is 0.950 bits per heavy atom. The minimum Gasteiger partial charge on any atom is -0.507 e. The summed E-state index contributed by atoms with van der Waals surface area (Å²) in [6.45, 7) is 10.0. The van der Waals surface area contributed by atoms with Crippen molar-refractivity contribution in [2.75, 3.05) is 37.1 Å². The average Bonchev–Trinajstić information content (AvgIpc) is 3.23. The number of carbonyl (C=O) groups is 2. The largest absolute Gasteiger partial charge is 0.507 e. The first-order valence-corrected chi connectivity index (χ1v) is 13.7. The van der Waals surface area contributed by atoms with E-state index >= 15 is 0 Å². The monoisotopic (exact) mass is 562 g/mol. The number of amides is 1. The van der Waals surface area contributed by atoms with Gasteiger partial charge in [-0.15, -0.1) is 0 Å². The number of Topliss-reactive ketones (excluding diaryl/α,β-unsaturated/α-hetero) is 1. The van der Waals surface area contributed by atoms with Crippen LogP contribution < -0.4 is 19.3 Å². The Bertz CT molecular complexity index is 1430. The minimum atomic E-state index is -0.874. The summed E-state index contributed by atoms with van der Waals surface area (Å²) < 4.78 is 10.8. The van der Waals surface area contributed by atoms with Gasteiger partial charge in [-0.1, -0.05) is 49.7 Å². The van der Waals surface area contributed by atoms with Gasteiger partial charge in [-0.3, -0.25) is 14.5 Å². The molecule has 1 unspecified atom stereocenters. The van der Waals surface area contributed by atoms with Crippen molar-refractivity contribution < 1.29 is 24.2 Å². The van der Waals surface area contributed by atoms with E-state index in [4.69, 9.17) is 21.1 Å². The van der Waals surface area contributed by atoms with Gasteiger partial charge in [-0.25, -0.2) is 0 Å². The summed E-state index contributed by atoms with van der Waals surface area (Å²) in [5.74, 6) is -0.988. The van der Waals surface area contributed by atoms with Crippen LogP contribution in [0.4, 0.5) is 11.4 Å². The van der Waals surface area contributed by atoms with Crippen molar-refractivity contribution in [3.05, 3.63) is 87.9 Å². The number of hydrogen-bond donors (Lipinski definition) is 1. The first kappa shape index (κ1) is 29.0. The molecule has 1 atom stereocenters. The van der Waals surface area contributed by atoms with E-state index in [2.05, 4.69) is 32.6 Å². The molecule has 3 aromatic rings. The second-order valence-corrected chi connectivity index (χ2v) is 10.3. The molecule has 1 aliphatic rings. The van der Waals surface area contributed by atoms with Gasteiger partial charge in [0.05, 0.1) is 36.4 Å². The maximum absolute atomic E-state index is 13.6. The average molecular weight is 563 g/mol. The number of methoxy groups -OCH3 is 2. The Kier molecular flexibility index (Phi) is 8.74. The molecular formula is C32H35ClN2O5. The Morgan fingerprint density at radius 3 is 2.08 bits per heavy atom. The van der Waals surface area contributed by atoms with Crippen molar-refractivity contribution in [1.82, 2.24) is 0 Å². The number of ketones is 1. The van der Waals surface area contributed by atoms with Crippen LogP contribution in [0.3, 0.4) is 0 Å². The molecule has 210 valence electrons. The third-order valence-corrected chi connectivity index (χ3v) is 7.64. The second-order valence-electron chi connectivity index (χ2n) is 9.87. The molecule has 1 saturated heterocycles. The van der Waals surface area contributed by atoms with Crippen LogP contribution in [0.1, 0.15) is 56.3 Å². The summed E-state index contributed by atoms with van der Waals surface area (Å²) in [4.78, 5) is 30.9. The fraction of sp³-hybridized carbons (Fsp3) is 0.312. The van der Waals surface area contributed by atoms with E-state index in [1.165, 1.54) is 31.3 Å². The maximum atomic E-state index is 13.6. The lowest BCUT2D eigenvalue weighted by Crippen LogP contribution is -2.29. The third kappa shape index (κ3) is 5.26. The predicted octanol–water partition coefficient (Wildman–Crippen LogP) is 6.95. The fourth-order valence-corrected chi connectivity index (χ4v) is 5.32. The van der Waals surface area contributed by atoms with Gasteiger partial charge >= 0.3 is 0 Å². The van der Waals surface area contributed by atoms with E-state index in [0.29, 0.717) is 22.9 Å². The van der Waals surface area contributed by atoms with Crippen LogP contribution in [0.25, 0.3) is 5.76 Å². The van der Waals surface area contributed by atoms with Gasteiger partial charge in [0.1, 0.15) is 17.3 Å². The lowest BCUT2D eigenvalue weighted by atomic mass is 9.94. The smallest absolute Gasteiger partial charge is 0.300 e. The summed E-state index contributed by atoms with van der Waals surface area (Å²) in [5, 5.41) is 11.9. The highest BCUT2D eigenvalue weighted by molar-refractivity contribution is 6.51. The zero-order chi connectivity index (χ0) is 29.1. The highest BCUT2D eigenvalue weighted by Crippen LogP contribution is 2.45. The molecular weight excluding hydrogens is 528 g/mol. The zero-order valence-corrected chi connectivity index (χ0v) is 24.5. The van der Waals surface area contributed by atoms with Crippen molar-refractivity contribution in [1.29, 1.82) is 0 Å². The van der Waals surface area contributed by atoms with E-state index in [1.54, 1.807) is 0 Å². The molecule has 40 heavy (non-hydrogen) atoms. The molecule has 0 bridgehead atoms. The molecule has 3 aromatic carbocycles. The van der Waals surface area contributed by atoms with Crippen LogP contribution in [0.2, 0.25) is 5.02 Å². The molecule has 1 heterocycles. The summed E-state index contributed by atoms with van der Waals surface area (Å²) in [6, 6.07) is 17.4. The molecule has 0 spiro atoms. The molecule has 1 fully saturated rings. The molecule has 0 saturated carbocycles. The van der Waals surface area contributed by atoms with Crippen LogP contribution >= 0.6 is 11.6 Å². The van der Waals surface area contributed by atoms with Crippen LogP contribution in [-0.4, -0.2) is 44.1 Å². The van der Waals surface area contributed by atoms with Crippen LogP contribution in [0, 0.1) is 0 Å². The lowest BCUT2D eigenvalue weighted by molar-refractivity contribution is -0.132. The number of aliphatic hydroxyl groups is 1. The summed E-state index contributed by atoms with van der Waals surface area (Å²) in [5.41, 5.74) is 3.51. The van der Waals surface area contributed by atoms with E-state index < -0.39 is 17.7 Å². The zero-order valence-electron chi connectivity index (χ0n) is 23.7. The number of halogens is 1.